The Balaban J connectivity index is 2.09. The predicted octanol–water partition coefficient (Wildman–Crippen LogP) is 3.71. The number of hydrogen-bond acceptors (Lipinski definition) is 2. The van der Waals surface area contributed by atoms with Gasteiger partial charge in [-0.25, -0.2) is 0 Å². The van der Waals surface area contributed by atoms with Gasteiger partial charge in [-0.1, -0.05) is 36.4 Å². The van der Waals surface area contributed by atoms with Crippen LogP contribution in [-0.4, -0.2) is 10.5 Å². The van der Waals surface area contributed by atoms with E-state index in [0.29, 0.717) is 16.8 Å². The van der Waals surface area contributed by atoms with Crippen LogP contribution in [0.3, 0.4) is 0 Å². The fraction of sp³-hybridized carbons (Fsp3) is 0.100. The standard InChI is InChI=1S/C20H18N2O2/c1-14-13-18(23)22(17-11-7-4-8-12-17)15(2)19(14)20(24)21-16-9-5-3-6-10-16/h3-13H,1-2H3,(H,21,24). The van der Waals surface area contributed by atoms with Crippen LogP contribution in [0, 0.1) is 13.8 Å². The first-order valence-corrected chi connectivity index (χ1v) is 7.73. The lowest BCUT2D eigenvalue weighted by molar-refractivity contribution is 0.102. The van der Waals surface area contributed by atoms with Gasteiger partial charge in [-0.15, -0.1) is 0 Å². The van der Waals surface area contributed by atoms with Crippen molar-refractivity contribution >= 4 is 11.6 Å². The summed E-state index contributed by atoms with van der Waals surface area (Å²) in [7, 11) is 0. The van der Waals surface area contributed by atoms with Crippen LogP contribution in [0.2, 0.25) is 0 Å². The van der Waals surface area contributed by atoms with Gasteiger partial charge in [0.15, 0.2) is 0 Å². The number of carbonyl (C=O) groups excluding carboxylic acids is 1. The lowest BCUT2D eigenvalue weighted by atomic mass is 10.1. The summed E-state index contributed by atoms with van der Waals surface area (Å²) in [6.45, 7) is 3.57. The molecule has 0 spiro atoms. The van der Waals surface area contributed by atoms with Gasteiger partial charge in [0, 0.05) is 23.1 Å². The summed E-state index contributed by atoms with van der Waals surface area (Å²) in [6.07, 6.45) is 0. The van der Waals surface area contributed by atoms with E-state index < -0.39 is 0 Å². The van der Waals surface area contributed by atoms with Gasteiger partial charge in [-0.05, 0) is 43.7 Å². The largest absolute Gasteiger partial charge is 0.322 e. The lowest BCUT2D eigenvalue weighted by Gasteiger charge is -2.16. The second-order valence-electron chi connectivity index (χ2n) is 5.62. The van der Waals surface area contributed by atoms with Crippen LogP contribution in [0.25, 0.3) is 5.69 Å². The molecule has 0 saturated heterocycles. The van der Waals surface area contributed by atoms with E-state index in [0.717, 1.165) is 11.4 Å². The molecule has 0 fully saturated rings. The Morgan fingerprint density at radius 1 is 0.917 bits per heavy atom. The van der Waals surface area contributed by atoms with Crippen LogP contribution >= 0.6 is 0 Å². The molecule has 1 heterocycles. The molecule has 1 amide bonds. The summed E-state index contributed by atoms with van der Waals surface area (Å²) in [5.41, 5.74) is 3.13. The third-order valence-corrected chi connectivity index (χ3v) is 3.93. The maximum atomic E-state index is 12.7. The Labute approximate surface area is 140 Å². The first-order valence-electron chi connectivity index (χ1n) is 7.73. The number of nitrogens with one attached hydrogen (secondary N) is 1. The van der Waals surface area contributed by atoms with Gasteiger partial charge in [0.25, 0.3) is 11.5 Å². The van der Waals surface area contributed by atoms with E-state index in [1.54, 1.807) is 18.4 Å². The van der Waals surface area contributed by atoms with Crippen LogP contribution in [0.15, 0.2) is 71.5 Å². The zero-order valence-corrected chi connectivity index (χ0v) is 13.6. The maximum Gasteiger partial charge on any atom is 0.257 e. The van der Waals surface area contributed by atoms with Gasteiger partial charge >= 0.3 is 0 Å². The number of amides is 1. The first-order chi connectivity index (χ1) is 11.6. The highest BCUT2D eigenvalue weighted by Crippen LogP contribution is 2.17. The second kappa shape index (κ2) is 6.54. The number of nitrogens with zero attached hydrogens (tertiary/aromatic N) is 1. The van der Waals surface area contributed by atoms with E-state index in [1.165, 1.54) is 6.07 Å². The number of para-hydroxylation sites is 2. The molecule has 0 atom stereocenters. The molecule has 24 heavy (non-hydrogen) atoms. The molecule has 0 radical (unpaired) electrons. The number of pyridine rings is 1. The monoisotopic (exact) mass is 318 g/mol. The molecule has 0 unspecified atom stereocenters. The van der Waals surface area contributed by atoms with Gasteiger partial charge < -0.3 is 5.32 Å². The van der Waals surface area contributed by atoms with E-state index in [2.05, 4.69) is 5.32 Å². The van der Waals surface area contributed by atoms with Gasteiger partial charge in [0.2, 0.25) is 0 Å². The van der Waals surface area contributed by atoms with Crippen molar-refractivity contribution in [1.82, 2.24) is 4.57 Å². The lowest BCUT2D eigenvalue weighted by Crippen LogP contribution is -2.26. The molecule has 0 bridgehead atoms. The minimum Gasteiger partial charge on any atom is -0.322 e. The molecular formula is C20H18N2O2. The normalized spacial score (nSPS) is 10.4. The Morgan fingerprint density at radius 3 is 2.12 bits per heavy atom. The van der Waals surface area contributed by atoms with Crippen LogP contribution in [0.5, 0.6) is 0 Å². The zero-order valence-electron chi connectivity index (χ0n) is 13.6. The van der Waals surface area contributed by atoms with Crippen LogP contribution in [0.4, 0.5) is 5.69 Å². The highest BCUT2D eigenvalue weighted by molar-refractivity contribution is 6.06. The topological polar surface area (TPSA) is 51.1 Å². The number of carbonyl (C=O) groups is 1. The number of hydrogen-bond donors (Lipinski definition) is 1. The van der Waals surface area contributed by atoms with Gasteiger partial charge in [-0.2, -0.15) is 0 Å². The third-order valence-electron chi connectivity index (χ3n) is 3.93. The minimum absolute atomic E-state index is 0.146. The molecule has 4 nitrogen and oxygen atoms in total. The van der Waals surface area contributed by atoms with Crippen molar-refractivity contribution < 1.29 is 4.79 Å². The zero-order chi connectivity index (χ0) is 17.1. The summed E-state index contributed by atoms with van der Waals surface area (Å²) in [4.78, 5) is 25.1. The van der Waals surface area contributed by atoms with E-state index in [1.807, 2.05) is 60.7 Å². The quantitative estimate of drug-likeness (QED) is 0.800. The van der Waals surface area contributed by atoms with Gasteiger partial charge in [0.1, 0.15) is 0 Å². The molecule has 0 aliphatic heterocycles. The van der Waals surface area contributed by atoms with Crippen molar-refractivity contribution in [2.24, 2.45) is 0 Å². The van der Waals surface area contributed by atoms with E-state index in [-0.39, 0.29) is 11.5 Å². The molecule has 1 aromatic heterocycles. The van der Waals surface area contributed by atoms with Gasteiger partial charge in [0.05, 0.1) is 5.56 Å². The Hall–Kier alpha value is -3.14. The first kappa shape index (κ1) is 15.7. The molecule has 4 heteroatoms. The Bertz CT molecular complexity index is 929. The fourth-order valence-corrected chi connectivity index (χ4v) is 2.84. The minimum atomic E-state index is -0.221. The number of aromatic nitrogens is 1. The van der Waals surface area contributed by atoms with E-state index in [9.17, 15) is 9.59 Å². The van der Waals surface area contributed by atoms with Crippen molar-refractivity contribution in [3.8, 4) is 5.69 Å². The Morgan fingerprint density at radius 2 is 1.50 bits per heavy atom. The fourth-order valence-electron chi connectivity index (χ4n) is 2.84. The van der Waals surface area contributed by atoms with E-state index >= 15 is 0 Å². The molecular weight excluding hydrogens is 300 g/mol. The molecule has 0 saturated carbocycles. The average Bonchev–Trinajstić information content (AvgIpc) is 2.56. The van der Waals surface area contributed by atoms with E-state index in [4.69, 9.17) is 0 Å². The maximum absolute atomic E-state index is 12.7. The average molecular weight is 318 g/mol. The summed E-state index contributed by atoms with van der Waals surface area (Å²) < 4.78 is 1.56. The number of aryl methyl sites for hydroxylation is 1. The van der Waals surface area contributed by atoms with Crippen LogP contribution < -0.4 is 10.9 Å². The molecule has 120 valence electrons. The van der Waals surface area contributed by atoms with Crippen molar-refractivity contribution in [2.45, 2.75) is 13.8 Å². The third kappa shape index (κ3) is 2.99. The molecule has 3 aromatic rings. The van der Waals surface area contributed by atoms with Gasteiger partial charge in [-0.3, -0.25) is 14.2 Å². The number of benzene rings is 2. The summed E-state index contributed by atoms with van der Waals surface area (Å²) in [6, 6.07) is 20.1. The van der Waals surface area contributed by atoms with Crippen molar-refractivity contribution in [1.29, 1.82) is 0 Å². The van der Waals surface area contributed by atoms with Crippen molar-refractivity contribution in [3.05, 3.63) is 93.9 Å². The Kier molecular flexibility index (Phi) is 4.29. The predicted molar refractivity (Wildman–Crippen MR) is 95.9 cm³/mol. The summed E-state index contributed by atoms with van der Waals surface area (Å²) in [5, 5.41) is 2.88. The SMILES string of the molecule is Cc1cc(=O)n(-c2ccccc2)c(C)c1C(=O)Nc1ccccc1. The highest BCUT2D eigenvalue weighted by atomic mass is 16.2. The summed E-state index contributed by atoms with van der Waals surface area (Å²) in [5.74, 6) is -0.221. The molecule has 2 aromatic carbocycles. The second-order valence-corrected chi connectivity index (χ2v) is 5.62. The molecule has 3 rings (SSSR count). The highest BCUT2D eigenvalue weighted by Gasteiger charge is 2.17. The van der Waals surface area contributed by atoms with Crippen molar-refractivity contribution in [2.75, 3.05) is 5.32 Å². The van der Waals surface area contributed by atoms with Crippen LogP contribution in [0.1, 0.15) is 21.6 Å². The molecule has 1 N–H and O–H groups in total. The molecule has 0 aliphatic carbocycles. The van der Waals surface area contributed by atoms with Crippen molar-refractivity contribution in [3.63, 3.8) is 0 Å². The number of anilines is 1. The van der Waals surface area contributed by atoms with Crippen LogP contribution in [-0.2, 0) is 0 Å². The molecule has 0 aliphatic rings. The smallest absolute Gasteiger partial charge is 0.257 e. The number of rotatable bonds is 3. The summed E-state index contributed by atoms with van der Waals surface area (Å²) >= 11 is 0.